The van der Waals surface area contributed by atoms with Gasteiger partial charge in [-0.15, -0.1) is 11.3 Å². The van der Waals surface area contributed by atoms with Crippen LogP contribution in [-0.2, 0) is 0 Å². The summed E-state index contributed by atoms with van der Waals surface area (Å²) >= 11 is 1.00. The van der Waals surface area contributed by atoms with Crippen molar-refractivity contribution in [3.8, 4) is 11.1 Å². The van der Waals surface area contributed by atoms with Gasteiger partial charge < -0.3 is 10.2 Å². The van der Waals surface area contributed by atoms with E-state index in [0.29, 0.717) is 11.1 Å². The Morgan fingerprint density at radius 1 is 1.00 bits per heavy atom. The molecule has 92 valence electrons. The van der Waals surface area contributed by atoms with Gasteiger partial charge in [0, 0.05) is 0 Å². The van der Waals surface area contributed by atoms with E-state index in [1.165, 1.54) is 18.2 Å². The van der Waals surface area contributed by atoms with E-state index in [4.69, 9.17) is 10.2 Å². The van der Waals surface area contributed by atoms with Crippen LogP contribution >= 0.6 is 11.3 Å². The molecule has 6 heteroatoms. The van der Waals surface area contributed by atoms with Gasteiger partial charge in [0.2, 0.25) is 0 Å². The Labute approximate surface area is 105 Å². The monoisotopic (exact) mass is 266 g/mol. The van der Waals surface area contributed by atoms with Crippen LogP contribution in [0.25, 0.3) is 11.1 Å². The van der Waals surface area contributed by atoms with Gasteiger partial charge in [-0.1, -0.05) is 0 Å². The number of benzene rings is 1. The van der Waals surface area contributed by atoms with Crippen molar-refractivity contribution in [2.24, 2.45) is 0 Å². The maximum Gasteiger partial charge on any atom is 0.345 e. The third-order valence-corrected chi connectivity index (χ3v) is 3.21. The summed E-state index contributed by atoms with van der Waals surface area (Å²) in [6, 6.07) is 4.77. The minimum absolute atomic E-state index is 0.117. The molecule has 0 saturated carbocycles. The van der Waals surface area contributed by atoms with Crippen molar-refractivity contribution in [2.75, 3.05) is 0 Å². The number of carboxylic acid groups (broad SMARTS) is 2. The van der Waals surface area contributed by atoms with Crippen LogP contribution in [0, 0.1) is 5.82 Å². The Hall–Kier alpha value is -2.21. The number of aromatic carboxylic acids is 2. The average Bonchev–Trinajstić information content (AvgIpc) is 2.77. The highest BCUT2D eigenvalue weighted by molar-refractivity contribution is 7.12. The van der Waals surface area contributed by atoms with Gasteiger partial charge in [-0.05, 0) is 40.8 Å². The topological polar surface area (TPSA) is 74.6 Å². The van der Waals surface area contributed by atoms with Crippen LogP contribution in [0.3, 0.4) is 0 Å². The molecule has 2 aromatic rings. The van der Waals surface area contributed by atoms with Crippen molar-refractivity contribution >= 4 is 23.3 Å². The van der Waals surface area contributed by atoms with E-state index in [9.17, 15) is 14.0 Å². The first-order valence-corrected chi connectivity index (χ1v) is 5.71. The highest BCUT2D eigenvalue weighted by Gasteiger charge is 2.12. The Bertz CT molecular complexity index is 633. The summed E-state index contributed by atoms with van der Waals surface area (Å²) in [5.74, 6) is -2.97. The van der Waals surface area contributed by atoms with Gasteiger partial charge in [0.15, 0.2) is 0 Å². The molecule has 2 N–H and O–H groups in total. The first kappa shape index (κ1) is 12.3. The number of carbonyl (C=O) groups is 2. The number of hydrogen-bond donors (Lipinski definition) is 2. The first-order chi connectivity index (χ1) is 8.47. The second kappa shape index (κ2) is 4.58. The van der Waals surface area contributed by atoms with E-state index in [2.05, 4.69) is 0 Å². The Kier molecular flexibility index (Phi) is 3.12. The molecule has 0 aliphatic rings. The fourth-order valence-electron chi connectivity index (χ4n) is 1.48. The lowest BCUT2D eigenvalue weighted by atomic mass is 10.1. The summed E-state index contributed by atoms with van der Waals surface area (Å²) < 4.78 is 13.3. The average molecular weight is 266 g/mol. The van der Waals surface area contributed by atoms with E-state index in [1.807, 2.05) is 0 Å². The molecule has 0 amide bonds. The van der Waals surface area contributed by atoms with Crippen molar-refractivity contribution < 1.29 is 24.2 Å². The van der Waals surface area contributed by atoms with Gasteiger partial charge >= 0.3 is 11.9 Å². The van der Waals surface area contributed by atoms with E-state index in [0.717, 1.165) is 17.4 Å². The molecule has 1 aromatic heterocycles. The molecular formula is C12H7FO4S. The van der Waals surface area contributed by atoms with Crippen molar-refractivity contribution in [3.63, 3.8) is 0 Å². The first-order valence-electron chi connectivity index (χ1n) is 4.83. The number of hydrogen-bond acceptors (Lipinski definition) is 3. The van der Waals surface area contributed by atoms with Gasteiger partial charge in [-0.25, -0.2) is 14.0 Å². The maximum atomic E-state index is 13.3. The molecule has 1 aromatic carbocycles. The van der Waals surface area contributed by atoms with E-state index in [1.54, 1.807) is 5.38 Å². The SMILES string of the molecule is O=C(O)c1cc(F)cc(-c2csc(C(=O)O)c2)c1. The molecule has 4 nitrogen and oxygen atoms in total. The number of rotatable bonds is 3. The normalized spacial score (nSPS) is 10.3. The summed E-state index contributed by atoms with van der Waals surface area (Å²) in [5, 5.41) is 19.1. The zero-order valence-corrected chi connectivity index (χ0v) is 9.70. The van der Waals surface area contributed by atoms with Crippen LogP contribution in [0.1, 0.15) is 20.0 Å². The van der Waals surface area contributed by atoms with Crippen molar-refractivity contribution in [3.05, 3.63) is 45.9 Å². The molecule has 0 saturated heterocycles. The molecule has 0 aliphatic heterocycles. The molecule has 18 heavy (non-hydrogen) atoms. The van der Waals surface area contributed by atoms with Crippen molar-refractivity contribution in [1.82, 2.24) is 0 Å². The zero-order chi connectivity index (χ0) is 13.3. The van der Waals surface area contributed by atoms with Crippen LogP contribution in [0.15, 0.2) is 29.6 Å². The van der Waals surface area contributed by atoms with E-state index < -0.39 is 17.8 Å². The molecule has 2 rings (SSSR count). The number of halogens is 1. The Balaban J connectivity index is 2.49. The molecule has 0 unspecified atom stereocenters. The lowest BCUT2D eigenvalue weighted by Crippen LogP contribution is -1.97. The van der Waals surface area contributed by atoms with Crippen molar-refractivity contribution in [1.29, 1.82) is 0 Å². The predicted octanol–water partition coefficient (Wildman–Crippen LogP) is 2.95. The highest BCUT2D eigenvalue weighted by Crippen LogP contribution is 2.27. The Morgan fingerprint density at radius 2 is 1.72 bits per heavy atom. The second-order valence-electron chi connectivity index (χ2n) is 3.54. The summed E-state index contributed by atoms with van der Waals surface area (Å²) in [6.45, 7) is 0. The second-order valence-corrected chi connectivity index (χ2v) is 4.45. The van der Waals surface area contributed by atoms with Gasteiger partial charge in [-0.2, -0.15) is 0 Å². The van der Waals surface area contributed by atoms with Gasteiger partial charge in [0.25, 0.3) is 0 Å². The van der Waals surface area contributed by atoms with Crippen LogP contribution in [-0.4, -0.2) is 22.2 Å². The smallest absolute Gasteiger partial charge is 0.345 e. The van der Waals surface area contributed by atoms with Gasteiger partial charge in [0.05, 0.1) is 5.56 Å². The molecule has 0 fully saturated rings. The van der Waals surface area contributed by atoms with Crippen LogP contribution in [0.2, 0.25) is 0 Å². The molecule has 0 bridgehead atoms. The molecule has 0 atom stereocenters. The molecule has 0 aliphatic carbocycles. The molecule has 0 radical (unpaired) electrons. The summed E-state index contributed by atoms with van der Waals surface area (Å²) in [6.07, 6.45) is 0. The van der Waals surface area contributed by atoms with Gasteiger partial charge in [0.1, 0.15) is 10.7 Å². The summed E-state index contributed by atoms with van der Waals surface area (Å²) in [5.41, 5.74) is 0.656. The van der Waals surface area contributed by atoms with Gasteiger partial charge in [-0.3, -0.25) is 0 Å². The lowest BCUT2D eigenvalue weighted by molar-refractivity contribution is 0.0688. The molecular weight excluding hydrogens is 259 g/mol. The molecule has 0 spiro atoms. The maximum absolute atomic E-state index is 13.3. The third-order valence-electron chi connectivity index (χ3n) is 2.29. The van der Waals surface area contributed by atoms with Crippen LogP contribution in [0.5, 0.6) is 0 Å². The van der Waals surface area contributed by atoms with Crippen LogP contribution in [0.4, 0.5) is 4.39 Å². The Morgan fingerprint density at radius 3 is 2.28 bits per heavy atom. The summed E-state index contributed by atoms with van der Waals surface area (Å²) in [4.78, 5) is 21.6. The highest BCUT2D eigenvalue weighted by atomic mass is 32.1. The van der Waals surface area contributed by atoms with Crippen molar-refractivity contribution in [2.45, 2.75) is 0 Å². The quantitative estimate of drug-likeness (QED) is 0.895. The number of carboxylic acids is 2. The number of thiophene rings is 1. The van der Waals surface area contributed by atoms with E-state index in [-0.39, 0.29) is 10.4 Å². The fourth-order valence-corrected chi connectivity index (χ4v) is 2.23. The minimum Gasteiger partial charge on any atom is -0.478 e. The zero-order valence-electron chi connectivity index (χ0n) is 8.88. The largest absolute Gasteiger partial charge is 0.478 e. The molecule has 1 heterocycles. The standard InChI is InChI=1S/C12H7FO4S/c13-9-2-6(1-7(3-9)11(14)15)8-4-10(12(16)17)18-5-8/h1-5H,(H,14,15)(H,16,17). The lowest BCUT2D eigenvalue weighted by Gasteiger charge is -2.01. The fraction of sp³-hybridized carbons (Fsp3) is 0. The van der Waals surface area contributed by atoms with E-state index >= 15 is 0 Å². The van der Waals surface area contributed by atoms with Crippen LogP contribution < -0.4 is 0 Å². The summed E-state index contributed by atoms with van der Waals surface area (Å²) in [7, 11) is 0. The third kappa shape index (κ3) is 2.38. The predicted molar refractivity (Wildman–Crippen MR) is 63.6 cm³/mol. The minimum atomic E-state index is -1.23.